The number of thioether (sulfide) groups is 3. The molecule has 0 spiro atoms. The first-order valence-electron chi connectivity index (χ1n) is 9.35. The third-order valence-corrected chi connectivity index (χ3v) is 18.4. The molecule has 2 aromatic rings. The van der Waals surface area contributed by atoms with Crippen molar-refractivity contribution in [3.63, 3.8) is 0 Å². The van der Waals surface area contributed by atoms with Gasteiger partial charge in [0.1, 0.15) is 0 Å². The second-order valence-corrected chi connectivity index (χ2v) is 18.8. The standard InChI is InChI=1S/C22H18I8S3/c1-11(31-9-13-3-17(27)19(29)5-15(13)25)21(7-23)33-22(8-24)12(2)32-10-14-4-18(28)20(30)6-16(14)26/h3-8,11-12H,9-10H2,1-2H3. The van der Waals surface area contributed by atoms with Gasteiger partial charge in [-0.3, -0.25) is 0 Å². The van der Waals surface area contributed by atoms with Crippen molar-refractivity contribution in [2.24, 2.45) is 0 Å². The highest BCUT2D eigenvalue weighted by atomic mass is 127. The molecule has 0 saturated heterocycles. The van der Waals surface area contributed by atoms with Crippen LogP contribution < -0.4 is 0 Å². The Kier molecular flexibility index (Phi) is 18.1. The van der Waals surface area contributed by atoms with Crippen LogP contribution in [0.1, 0.15) is 25.0 Å². The lowest BCUT2D eigenvalue weighted by Crippen LogP contribution is -2.05. The Labute approximate surface area is 319 Å². The van der Waals surface area contributed by atoms with Crippen LogP contribution in [-0.2, 0) is 11.5 Å². The van der Waals surface area contributed by atoms with Gasteiger partial charge in [0.25, 0.3) is 0 Å². The zero-order valence-electron chi connectivity index (χ0n) is 17.3. The van der Waals surface area contributed by atoms with E-state index in [4.69, 9.17) is 0 Å². The Morgan fingerprint density at radius 3 is 1.30 bits per heavy atom. The minimum absolute atomic E-state index is 0.460. The fourth-order valence-corrected chi connectivity index (χ4v) is 13.0. The lowest BCUT2D eigenvalue weighted by atomic mass is 10.2. The average molecular weight is 1390 g/mol. The Hall–Kier alpha value is 4.81. The predicted molar refractivity (Wildman–Crippen MR) is 222 cm³/mol. The molecule has 0 bridgehead atoms. The summed E-state index contributed by atoms with van der Waals surface area (Å²) in [5, 5.41) is 0.920. The maximum absolute atomic E-state index is 2.47. The fourth-order valence-electron chi connectivity index (χ4n) is 2.47. The molecule has 0 amide bonds. The van der Waals surface area contributed by atoms with E-state index >= 15 is 0 Å². The smallest absolute Gasteiger partial charge is 0.0340 e. The molecular formula is C22H18I8S3. The van der Waals surface area contributed by atoms with Gasteiger partial charge in [0, 0.05) is 53.2 Å². The van der Waals surface area contributed by atoms with E-state index in [9.17, 15) is 0 Å². The molecule has 0 radical (unpaired) electrons. The zero-order chi connectivity index (χ0) is 24.7. The molecule has 2 atom stereocenters. The summed E-state index contributed by atoms with van der Waals surface area (Å²) in [4.78, 5) is 2.87. The van der Waals surface area contributed by atoms with Crippen molar-refractivity contribution in [1.82, 2.24) is 0 Å². The first kappa shape index (κ1) is 34.0. The van der Waals surface area contributed by atoms with Gasteiger partial charge in [-0.25, -0.2) is 0 Å². The second-order valence-electron chi connectivity index (χ2n) is 6.75. The molecule has 0 fully saturated rings. The molecular weight excluding hydrogens is 1380 g/mol. The largest absolute Gasteiger partial charge is 0.149 e. The van der Waals surface area contributed by atoms with Crippen molar-refractivity contribution in [3.05, 3.63) is 74.8 Å². The van der Waals surface area contributed by atoms with Crippen LogP contribution in [-0.4, -0.2) is 10.5 Å². The van der Waals surface area contributed by atoms with Gasteiger partial charge in [0.2, 0.25) is 0 Å². The quantitative estimate of drug-likeness (QED) is 0.172. The lowest BCUT2D eigenvalue weighted by molar-refractivity contribution is 1.19. The van der Waals surface area contributed by atoms with Crippen LogP contribution in [0.25, 0.3) is 0 Å². The monoisotopic (exact) mass is 1390 g/mol. The van der Waals surface area contributed by atoms with Crippen LogP contribution in [0.4, 0.5) is 0 Å². The van der Waals surface area contributed by atoms with Crippen molar-refractivity contribution in [1.29, 1.82) is 0 Å². The van der Waals surface area contributed by atoms with E-state index in [-0.39, 0.29) is 0 Å². The van der Waals surface area contributed by atoms with Gasteiger partial charge in [-0.1, -0.05) is 56.9 Å². The van der Waals surface area contributed by atoms with Crippen molar-refractivity contribution < 1.29 is 0 Å². The molecule has 0 heterocycles. The van der Waals surface area contributed by atoms with Crippen LogP contribution >= 0.6 is 216 Å². The van der Waals surface area contributed by atoms with E-state index in [1.54, 1.807) is 0 Å². The van der Waals surface area contributed by atoms with Crippen molar-refractivity contribution in [2.45, 2.75) is 35.9 Å². The summed E-state index contributed by atoms with van der Waals surface area (Å²) < 4.78 is 12.6. The minimum atomic E-state index is 0.460. The minimum Gasteiger partial charge on any atom is -0.149 e. The molecule has 180 valence electrons. The van der Waals surface area contributed by atoms with E-state index < -0.39 is 0 Å². The molecule has 0 aliphatic carbocycles. The van der Waals surface area contributed by atoms with Crippen LogP contribution in [0, 0.1) is 21.4 Å². The van der Waals surface area contributed by atoms with Crippen LogP contribution in [0.3, 0.4) is 0 Å². The van der Waals surface area contributed by atoms with Gasteiger partial charge >= 0.3 is 0 Å². The van der Waals surface area contributed by atoms with E-state index in [2.05, 4.69) is 227 Å². The molecule has 0 aliphatic heterocycles. The Balaban J connectivity index is 1.99. The zero-order valence-corrected chi connectivity index (χ0v) is 37.0. The molecule has 0 N–H and O–H groups in total. The second kappa shape index (κ2) is 17.6. The maximum atomic E-state index is 2.47. The van der Waals surface area contributed by atoms with Gasteiger partial charge < -0.3 is 0 Å². The molecule has 0 saturated carbocycles. The molecule has 2 rings (SSSR count). The Bertz CT molecular complexity index is 957. The first-order valence-corrected chi connectivity index (χ1v) is 21.2. The highest BCUT2D eigenvalue weighted by Gasteiger charge is 2.18. The summed E-state index contributed by atoms with van der Waals surface area (Å²) in [6.07, 6.45) is 0. The van der Waals surface area contributed by atoms with E-state index in [0.717, 1.165) is 11.5 Å². The van der Waals surface area contributed by atoms with Crippen molar-refractivity contribution >= 4 is 216 Å². The van der Waals surface area contributed by atoms with Gasteiger partial charge in [-0.05, 0) is 193 Å². The predicted octanol–water partition coefficient (Wildman–Crippen LogP) is 12.5. The van der Waals surface area contributed by atoms with E-state index in [1.165, 1.54) is 42.4 Å². The van der Waals surface area contributed by atoms with Crippen molar-refractivity contribution in [2.75, 3.05) is 0 Å². The van der Waals surface area contributed by atoms with Gasteiger partial charge in [-0.15, -0.1) is 23.5 Å². The maximum Gasteiger partial charge on any atom is 0.0340 e. The van der Waals surface area contributed by atoms with E-state index in [1.807, 2.05) is 35.3 Å². The molecule has 0 nitrogen and oxygen atoms in total. The number of halogens is 8. The van der Waals surface area contributed by atoms with Gasteiger partial charge in [-0.2, -0.15) is 0 Å². The molecule has 0 aromatic heterocycles. The molecule has 11 heteroatoms. The van der Waals surface area contributed by atoms with Crippen LogP contribution in [0.5, 0.6) is 0 Å². The fraction of sp³-hybridized carbons (Fsp3) is 0.273. The summed E-state index contributed by atoms with van der Waals surface area (Å²) in [5.41, 5.74) is 2.87. The summed E-state index contributed by atoms with van der Waals surface area (Å²) in [6.45, 7) is 4.68. The van der Waals surface area contributed by atoms with Gasteiger partial charge in [0.15, 0.2) is 0 Å². The summed E-state index contributed by atoms with van der Waals surface area (Å²) in [7, 11) is 0. The highest BCUT2D eigenvalue weighted by Crippen LogP contribution is 2.41. The third-order valence-electron chi connectivity index (χ3n) is 4.41. The molecule has 0 aliphatic rings. The first-order chi connectivity index (χ1) is 15.6. The third kappa shape index (κ3) is 11.3. The molecule has 2 aromatic carbocycles. The summed E-state index contributed by atoms with van der Waals surface area (Å²) in [6, 6.07) is 9.26. The number of hydrogen-bond acceptors (Lipinski definition) is 3. The van der Waals surface area contributed by atoms with Crippen LogP contribution in [0.2, 0.25) is 0 Å². The van der Waals surface area contributed by atoms with Gasteiger partial charge in [0.05, 0.1) is 0 Å². The Morgan fingerprint density at radius 2 is 0.970 bits per heavy atom. The van der Waals surface area contributed by atoms with E-state index in [0.29, 0.717) is 10.5 Å². The van der Waals surface area contributed by atoms with Crippen molar-refractivity contribution in [3.8, 4) is 0 Å². The number of hydrogen-bond donors (Lipinski definition) is 0. The molecule has 33 heavy (non-hydrogen) atoms. The SMILES string of the molecule is CC(SCc1cc(I)c(I)cc1I)C(=CI)SC(=CI)C(C)SCc1cc(I)c(I)cc1I. The summed E-state index contributed by atoms with van der Waals surface area (Å²) >= 11 is 25.5. The number of benzene rings is 2. The lowest BCUT2D eigenvalue weighted by Gasteiger charge is -2.20. The number of rotatable bonds is 10. The average Bonchev–Trinajstić information content (AvgIpc) is 2.77. The summed E-state index contributed by atoms with van der Waals surface area (Å²) in [5.74, 6) is 2.08. The normalized spacial score (nSPS) is 14.5. The Morgan fingerprint density at radius 1 is 0.636 bits per heavy atom. The highest BCUT2D eigenvalue weighted by molar-refractivity contribution is 14.1. The van der Waals surface area contributed by atoms with Crippen LogP contribution in [0.15, 0.2) is 42.2 Å². The topological polar surface area (TPSA) is 0 Å². The molecule has 2 unspecified atom stereocenters.